The molecule has 4 aliphatic carbocycles. The molecule has 2 bridgehead atoms. The summed E-state index contributed by atoms with van der Waals surface area (Å²) in [6.45, 7) is 4.03. The van der Waals surface area contributed by atoms with E-state index in [0.29, 0.717) is 55.5 Å². The number of rotatable bonds is 8. The van der Waals surface area contributed by atoms with E-state index in [4.69, 9.17) is 10.5 Å². The van der Waals surface area contributed by atoms with Crippen LogP contribution in [-0.4, -0.2) is 46.5 Å². The predicted octanol–water partition coefficient (Wildman–Crippen LogP) is 6.40. The Bertz CT molecular complexity index is 1330. The molecule has 4 saturated carbocycles. The molecule has 0 aliphatic heterocycles. The van der Waals surface area contributed by atoms with Crippen LogP contribution in [0.2, 0.25) is 0 Å². The van der Waals surface area contributed by atoms with E-state index < -0.39 is 47.7 Å². The van der Waals surface area contributed by atoms with Crippen molar-refractivity contribution in [2.75, 3.05) is 11.4 Å². The highest BCUT2D eigenvalue weighted by molar-refractivity contribution is 5.96. The highest BCUT2D eigenvalue weighted by atomic mass is 19.4. The minimum atomic E-state index is -4.83. The molecule has 4 N–H and O–H groups in total. The number of benzene rings is 2. The molecule has 4 aliphatic rings. The zero-order chi connectivity index (χ0) is 30.5. The quantitative estimate of drug-likeness (QED) is 0.108. The highest BCUT2D eigenvalue weighted by Gasteiger charge is 2.63. The van der Waals surface area contributed by atoms with Crippen LogP contribution in [-0.2, 0) is 4.79 Å². The van der Waals surface area contributed by atoms with Crippen LogP contribution >= 0.6 is 0 Å². The number of amides is 1. The van der Waals surface area contributed by atoms with Crippen LogP contribution in [0.1, 0.15) is 65.2 Å². The number of hydrogen-bond acceptors (Lipinski definition) is 5. The van der Waals surface area contributed by atoms with Crippen molar-refractivity contribution in [2.45, 2.75) is 83.1 Å². The second kappa shape index (κ2) is 10.7. The van der Waals surface area contributed by atoms with Gasteiger partial charge in [0.15, 0.2) is 5.60 Å². The summed E-state index contributed by atoms with van der Waals surface area (Å²) in [6, 6.07) is 11.2. The minimum Gasteiger partial charge on any atom is -0.491 e. The van der Waals surface area contributed by atoms with Crippen LogP contribution in [0.25, 0.3) is 11.1 Å². The number of ether oxygens (including phenoxy) is 1. The fourth-order valence-corrected chi connectivity index (χ4v) is 6.89. The Morgan fingerprint density at radius 1 is 1.07 bits per heavy atom. The fraction of sp³-hybridized carbons (Fsp3) is 0.548. The van der Waals surface area contributed by atoms with Gasteiger partial charge in [0.05, 0.1) is 6.10 Å². The number of carbonyl (C=O) groups excluding carboxylic acids is 1. The van der Waals surface area contributed by atoms with Gasteiger partial charge in [-0.25, -0.2) is 4.39 Å². The minimum absolute atomic E-state index is 0.0338. The third kappa shape index (κ3) is 5.43. The van der Waals surface area contributed by atoms with Crippen molar-refractivity contribution in [1.29, 1.82) is 0 Å². The summed E-state index contributed by atoms with van der Waals surface area (Å²) in [4.78, 5) is 15.3. The molecule has 2 aromatic rings. The summed E-state index contributed by atoms with van der Waals surface area (Å²) in [5.41, 5.74) is 3.62. The highest BCUT2D eigenvalue weighted by Crippen LogP contribution is 2.58. The van der Waals surface area contributed by atoms with Gasteiger partial charge >= 0.3 is 6.18 Å². The number of amidine groups is 1. The van der Waals surface area contributed by atoms with E-state index >= 15 is 4.39 Å². The van der Waals surface area contributed by atoms with Crippen molar-refractivity contribution in [3.05, 3.63) is 48.3 Å². The molecule has 0 spiro atoms. The van der Waals surface area contributed by atoms with Gasteiger partial charge in [-0.1, -0.05) is 17.3 Å². The van der Waals surface area contributed by atoms with E-state index in [1.54, 1.807) is 30.3 Å². The van der Waals surface area contributed by atoms with Gasteiger partial charge in [-0.2, -0.15) is 13.2 Å². The van der Waals surface area contributed by atoms with Gasteiger partial charge in [0.2, 0.25) is 5.91 Å². The summed E-state index contributed by atoms with van der Waals surface area (Å²) in [6.07, 6.45) is -2.21. The second-order valence-corrected chi connectivity index (χ2v) is 12.7. The Balaban J connectivity index is 1.45. The SMILES string of the molecule is CC(C)Oc1ccc(-c2cc(N(CC34CCC(/C(N)=N/O)(CC3)CC4)C(=O)[C@H]3C[C@](O)(C(F)(F)F)C3)ccc2F)cc1. The standard InChI is InChI=1S/C31H37F4N3O4/c1-19(2)42-23-6-3-20(4-7-23)24-15-22(5-8-25(24)32)38(26(39)21-16-30(40,17-21)31(33,34)35)18-28-9-12-29(13-10-28,14-11-28)27(36)37-41/h3-8,15,19,21,40-41H,9-14,16-18H2,1-2H3,(H2,36,37)/t21-,28?,29?,30+. The fourth-order valence-electron chi connectivity index (χ4n) is 6.89. The second-order valence-electron chi connectivity index (χ2n) is 12.7. The number of halogens is 4. The molecule has 0 atom stereocenters. The van der Waals surface area contributed by atoms with E-state index in [1.807, 2.05) is 13.8 Å². The lowest BCUT2D eigenvalue weighted by Crippen LogP contribution is -2.60. The van der Waals surface area contributed by atoms with Crippen molar-refractivity contribution in [3.8, 4) is 16.9 Å². The maximum Gasteiger partial charge on any atom is 0.417 e. The zero-order valence-electron chi connectivity index (χ0n) is 23.8. The molecule has 0 saturated heterocycles. The lowest BCUT2D eigenvalue weighted by Gasteiger charge is -2.54. The molecule has 0 unspecified atom stereocenters. The van der Waals surface area contributed by atoms with E-state index in [0.717, 1.165) is 0 Å². The molecule has 4 fully saturated rings. The molecule has 1 amide bonds. The number of fused-ring (bicyclic) bond motifs is 3. The van der Waals surface area contributed by atoms with E-state index in [-0.39, 0.29) is 29.5 Å². The molecule has 0 radical (unpaired) electrons. The Labute approximate surface area is 242 Å². The number of carbonyl (C=O) groups is 1. The summed E-state index contributed by atoms with van der Waals surface area (Å²) in [5.74, 6) is -1.21. The third-order valence-corrected chi connectivity index (χ3v) is 9.66. The van der Waals surface area contributed by atoms with Crippen molar-refractivity contribution in [3.63, 3.8) is 0 Å². The van der Waals surface area contributed by atoms with Crippen molar-refractivity contribution in [1.82, 2.24) is 0 Å². The van der Waals surface area contributed by atoms with E-state index in [2.05, 4.69) is 5.16 Å². The average molecular weight is 592 g/mol. The number of oxime groups is 1. The van der Waals surface area contributed by atoms with Crippen LogP contribution in [0, 0.1) is 22.6 Å². The summed E-state index contributed by atoms with van der Waals surface area (Å²) >= 11 is 0. The lowest BCUT2D eigenvalue weighted by molar-refractivity contribution is -0.295. The van der Waals surface area contributed by atoms with Crippen LogP contribution in [0.4, 0.5) is 23.2 Å². The molecule has 2 aromatic carbocycles. The first-order valence-corrected chi connectivity index (χ1v) is 14.4. The molecule has 7 nitrogen and oxygen atoms in total. The van der Waals surface area contributed by atoms with Gasteiger partial charge in [0.1, 0.15) is 17.4 Å². The molecule has 11 heteroatoms. The number of hydrogen-bond donors (Lipinski definition) is 3. The smallest absolute Gasteiger partial charge is 0.417 e. The van der Waals surface area contributed by atoms with E-state index in [9.17, 15) is 28.3 Å². The molecule has 42 heavy (non-hydrogen) atoms. The van der Waals surface area contributed by atoms with Crippen molar-refractivity contribution in [2.24, 2.45) is 27.6 Å². The predicted molar refractivity (Wildman–Crippen MR) is 150 cm³/mol. The number of alkyl halides is 3. The molecular formula is C31H37F4N3O4. The Morgan fingerprint density at radius 3 is 2.19 bits per heavy atom. The largest absolute Gasteiger partial charge is 0.491 e. The van der Waals surface area contributed by atoms with Gasteiger partial charge < -0.3 is 25.7 Å². The lowest BCUT2D eigenvalue weighted by atomic mass is 9.53. The summed E-state index contributed by atoms with van der Waals surface area (Å²) in [5, 5.41) is 22.6. The van der Waals surface area contributed by atoms with Gasteiger partial charge in [-0.3, -0.25) is 4.79 Å². The number of nitrogens with two attached hydrogens (primary N) is 1. The summed E-state index contributed by atoms with van der Waals surface area (Å²) < 4.78 is 61.0. The first kappa shape index (κ1) is 30.1. The number of anilines is 1. The van der Waals surface area contributed by atoms with Gasteiger partial charge in [0.25, 0.3) is 0 Å². The molecule has 0 aromatic heterocycles. The Hall–Kier alpha value is -3.34. The van der Waals surface area contributed by atoms with Crippen molar-refractivity contribution >= 4 is 17.4 Å². The van der Waals surface area contributed by atoms with Crippen LogP contribution < -0.4 is 15.4 Å². The zero-order valence-corrected chi connectivity index (χ0v) is 23.8. The van der Waals surface area contributed by atoms with Gasteiger partial charge in [-0.15, -0.1) is 0 Å². The van der Waals surface area contributed by atoms with Crippen LogP contribution in [0.15, 0.2) is 47.6 Å². The molecule has 6 rings (SSSR count). The van der Waals surface area contributed by atoms with Crippen LogP contribution in [0.5, 0.6) is 5.75 Å². The summed E-state index contributed by atoms with van der Waals surface area (Å²) in [7, 11) is 0. The first-order valence-electron chi connectivity index (χ1n) is 14.4. The maximum atomic E-state index is 15.1. The van der Waals surface area contributed by atoms with Crippen molar-refractivity contribution < 1.29 is 37.4 Å². The van der Waals surface area contributed by atoms with Gasteiger partial charge in [0, 0.05) is 29.1 Å². The topological polar surface area (TPSA) is 108 Å². The monoisotopic (exact) mass is 591 g/mol. The maximum absolute atomic E-state index is 15.1. The van der Waals surface area contributed by atoms with Gasteiger partial charge in [-0.05, 0) is 107 Å². The molecule has 228 valence electrons. The van der Waals surface area contributed by atoms with E-state index in [1.165, 1.54) is 17.0 Å². The third-order valence-electron chi connectivity index (χ3n) is 9.66. The van der Waals surface area contributed by atoms with Crippen LogP contribution in [0.3, 0.4) is 0 Å². The molecule has 0 heterocycles. The normalized spacial score (nSPS) is 29.3. The average Bonchev–Trinajstić information content (AvgIpc) is 2.94. The Morgan fingerprint density at radius 2 is 1.67 bits per heavy atom. The first-order chi connectivity index (χ1) is 19.7. The number of nitrogens with zero attached hydrogens (tertiary/aromatic N) is 2. The molecular weight excluding hydrogens is 554 g/mol. The Kier molecular flexibility index (Phi) is 7.70. The number of aliphatic hydroxyl groups is 1.